The van der Waals surface area contributed by atoms with Crippen LogP contribution in [0.15, 0.2) is 53.7 Å². The van der Waals surface area contributed by atoms with E-state index in [2.05, 4.69) is 10.2 Å². The number of benzene rings is 2. The Bertz CT molecular complexity index is 1480. The molecule has 2 aromatic heterocycles. The molecule has 38 heavy (non-hydrogen) atoms. The summed E-state index contributed by atoms with van der Waals surface area (Å²) in [5, 5.41) is 9.47. The highest BCUT2D eigenvalue weighted by Crippen LogP contribution is 2.34. The zero-order valence-corrected chi connectivity index (χ0v) is 22.1. The van der Waals surface area contributed by atoms with Crippen LogP contribution in [-0.4, -0.2) is 65.3 Å². The largest absolute Gasteiger partial charge is 0.390 e. The van der Waals surface area contributed by atoms with Crippen molar-refractivity contribution in [1.82, 2.24) is 28.8 Å². The highest BCUT2D eigenvalue weighted by molar-refractivity contribution is 7.82. The minimum Gasteiger partial charge on any atom is -0.293 e. The second-order valence-corrected chi connectivity index (χ2v) is 11.0. The number of hydrogen-bond donors (Lipinski definition) is 0. The van der Waals surface area contributed by atoms with Gasteiger partial charge in [-0.1, -0.05) is 0 Å². The van der Waals surface area contributed by atoms with Gasteiger partial charge in [0.05, 0.1) is 40.6 Å². The van der Waals surface area contributed by atoms with Gasteiger partial charge >= 0.3 is 6.18 Å². The fraction of sp³-hybridized carbons (Fsp3) is 0.385. The van der Waals surface area contributed by atoms with Crippen LogP contribution in [0, 0.1) is 19.7 Å². The highest BCUT2D eigenvalue weighted by Gasteiger charge is 2.36. The maximum absolute atomic E-state index is 13.5. The molecule has 4 aromatic rings. The van der Waals surface area contributed by atoms with E-state index < -0.39 is 29.6 Å². The summed E-state index contributed by atoms with van der Waals surface area (Å²) in [6.45, 7) is 4.63. The van der Waals surface area contributed by atoms with E-state index in [0.29, 0.717) is 30.2 Å². The van der Waals surface area contributed by atoms with Crippen molar-refractivity contribution in [2.45, 2.75) is 37.4 Å². The number of nitrogens with zero attached hydrogens (tertiary/aromatic N) is 6. The van der Waals surface area contributed by atoms with Gasteiger partial charge in [0.2, 0.25) is 0 Å². The van der Waals surface area contributed by atoms with Crippen LogP contribution < -0.4 is 0 Å². The maximum atomic E-state index is 13.5. The highest BCUT2D eigenvalue weighted by atomic mass is 32.2. The second-order valence-electron chi connectivity index (χ2n) is 9.57. The number of piperazine rings is 1. The quantitative estimate of drug-likeness (QED) is 0.324. The fourth-order valence-electron chi connectivity index (χ4n) is 4.91. The van der Waals surface area contributed by atoms with E-state index in [1.54, 1.807) is 40.9 Å². The van der Waals surface area contributed by atoms with Crippen molar-refractivity contribution in [3.8, 4) is 5.69 Å². The molecule has 202 valence electrons. The lowest BCUT2D eigenvalue weighted by molar-refractivity contribution is -0.140. The predicted octanol–water partition coefficient (Wildman–Crippen LogP) is 4.85. The van der Waals surface area contributed by atoms with Crippen molar-refractivity contribution in [2.24, 2.45) is 7.05 Å². The van der Waals surface area contributed by atoms with Gasteiger partial charge in [-0.05, 0) is 61.4 Å². The van der Waals surface area contributed by atoms with Crippen LogP contribution in [-0.2, 0) is 18.0 Å². The molecule has 2 atom stereocenters. The third-order valence-electron chi connectivity index (χ3n) is 7.14. The minimum absolute atomic E-state index is 0.146. The molecule has 5 rings (SSSR count). The third-order valence-corrected chi connectivity index (χ3v) is 8.71. The van der Waals surface area contributed by atoms with E-state index in [0.717, 1.165) is 27.7 Å². The molecule has 0 spiro atoms. The van der Waals surface area contributed by atoms with E-state index in [9.17, 15) is 21.8 Å². The SMILES string of the molecule is Cc1cc2c(cnn2-c2ccc(F)cc2)cc1C1CN(S(=O)c2cnn(C)c2C)CCN1CCC(F)(F)F. The second kappa shape index (κ2) is 10.2. The lowest BCUT2D eigenvalue weighted by Gasteiger charge is -2.41. The molecule has 0 bridgehead atoms. The molecule has 0 saturated carbocycles. The Balaban J connectivity index is 1.50. The average molecular weight is 549 g/mol. The van der Waals surface area contributed by atoms with Crippen LogP contribution in [0.4, 0.5) is 17.6 Å². The molecule has 1 aliphatic heterocycles. The van der Waals surface area contributed by atoms with Crippen molar-refractivity contribution in [2.75, 3.05) is 26.2 Å². The van der Waals surface area contributed by atoms with E-state index >= 15 is 0 Å². The molecule has 7 nitrogen and oxygen atoms in total. The summed E-state index contributed by atoms with van der Waals surface area (Å²) >= 11 is 0. The molecule has 3 heterocycles. The summed E-state index contributed by atoms with van der Waals surface area (Å²) < 4.78 is 71.5. The molecule has 0 aliphatic carbocycles. The van der Waals surface area contributed by atoms with Crippen LogP contribution in [0.2, 0.25) is 0 Å². The normalized spacial score (nSPS) is 18.3. The van der Waals surface area contributed by atoms with E-state index in [1.807, 2.05) is 35.2 Å². The summed E-state index contributed by atoms with van der Waals surface area (Å²) in [6, 6.07) is 9.50. The summed E-state index contributed by atoms with van der Waals surface area (Å²) in [5.41, 5.74) is 4.04. The number of fused-ring (bicyclic) bond motifs is 1. The molecule has 0 amide bonds. The molecule has 1 aliphatic rings. The summed E-state index contributed by atoms with van der Waals surface area (Å²) in [7, 11) is 0.283. The van der Waals surface area contributed by atoms with Crippen LogP contribution in [0.25, 0.3) is 16.6 Å². The summed E-state index contributed by atoms with van der Waals surface area (Å²) in [6.07, 6.45) is -1.91. The van der Waals surface area contributed by atoms with Crippen molar-refractivity contribution in [3.63, 3.8) is 0 Å². The predicted molar refractivity (Wildman–Crippen MR) is 137 cm³/mol. The van der Waals surface area contributed by atoms with Gasteiger partial charge in [-0.2, -0.15) is 23.4 Å². The Kier molecular flexibility index (Phi) is 7.14. The fourth-order valence-corrected chi connectivity index (χ4v) is 6.24. The van der Waals surface area contributed by atoms with E-state index in [4.69, 9.17) is 0 Å². The monoisotopic (exact) mass is 548 g/mol. The minimum atomic E-state index is -4.27. The topological polar surface area (TPSA) is 59.2 Å². The van der Waals surface area contributed by atoms with Gasteiger partial charge in [-0.25, -0.2) is 17.6 Å². The molecule has 2 unspecified atom stereocenters. The molecule has 2 aromatic carbocycles. The summed E-state index contributed by atoms with van der Waals surface area (Å²) in [5.74, 6) is -0.344. The maximum Gasteiger partial charge on any atom is 0.390 e. The number of alkyl halides is 3. The van der Waals surface area contributed by atoms with Gasteiger partial charge in [0.15, 0.2) is 0 Å². The van der Waals surface area contributed by atoms with Gasteiger partial charge in [0, 0.05) is 44.7 Å². The first-order valence-electron chi connectivity index (χ1n) is 12.2. The average Bonchev–Trinajstić information content (AvgIpc) is 3.44. The lowest BCUT2D eigenvalue weighted by Crippen LogP contribution is -2.49. The van der Waals surface area contributed by atoms with Crippen molar-refractivity contribution < 1.29 is 21.8 Å². The first kappa shape index (κ1) is 26.5. The number of rotatable bonds is 6. The third kappa shape index (κ3) is 5.25. The van der Waals surface area contributed by atoms with Gasteiger partial charge in [-0.15, -0.1) is 0 Å². The molecular weight excluding hydrogens is 520 g/mol. The molecular formula is C26H28F4N6OS. The first-order valence-corrected chi connectivity index (χ1v) is 13.3. The number of aromatic nitrogens is 4. The van der Waals surface area contributed by atoms with E-state index in [-0.39, 0.29) is 12.4 Å². The van der Waals surface area contributed by atoms with Crippen molar-refractivity contribution in [3.05, 3.63) is 71.4 Å². The summed E-state index contributed by atoms with van der Waals surface area (Å²) in [4.78, 5) is 2.43. The zero-order valence-electron chi connectivity index (χ0n) is 21.2. The first-order chi connectivity index (χ1) is 18.0. The molecule has 0 radical (unpaired) electrons. The number of halogens is 4. The molecule has 12 heteroatoms. The van der Waals surface area contributed by atoms with E-state index in [1.165, 1.54) is 12.1 Å². The van der Waals surface area contributed by atoms with Gasteiger partial charge in [-0.3, -0.25) is 9.58 Å². The zero-order chi connectivity index (χ0) is 27.2. The Labute approximate surface area is 220 Å². The molecule has 1 saturated heterocycles. The van der Waals surface area contributed by atoms with Gasteiger partial charge in [0.25, 0.3) is 0 Å². The van der Waals surface area contributed by atoms with Crippen LogP contribution in [0.5, 0.6) is 0 Å². The Morgan fingerprint density at radius 1 is 1.05 bits per heavy atom. The molecule has 0 N–H and O–H groups in total. The van der Waals surface area contributed by atoms with Crippen LogP contribution in [0.1, 0.15) is 29.3 Å². The Morgan fingerprint density at radius 2 is 1.79 bits per heavy atom. The Hall–Kier alpha value is -3.09. The number of hydrogen-bond acceptors (Lipinski definition) is 4. The standard InChI is InChI=1S/C26H28F4N6OS/c1-17-12-23-19(14-32-36(23)21-6-4-20(27)5-7-21)13-22(17)24-16-35(11-10-34(24)9-8-26(28,29)30)38(37)25-15-31-33(3)18(25)2/h4-7,12-15,24H,8-11,16H2,1-3H3. The number of aryl methyl sites for hydroxylation is 2. The van der Waals surface area contributed by atoms with Gasteiger partial charge < -0.3 is 0 Å². The van der Waals surface area contributed by atoms with Crippen molar-refractivity contribution in [1.29, 1.82) is 0 Å². The smallest absolute Gasteiger partial charge is 0.293 e. The molecule has 1 fully saturated rings. The van der Waals surface area contributed by atoms with Crippen molar-refractivity contribution >= 4 is 21.9 Å². The van der Waals surface area contributed by atoms with Crippen LogP contribution >= 0.6 is 0 Å². The lowest BCUT2D eigenvalue weighted by atomic mass is 9.96. The van der Waals surface area contributed by atoms with Crippen LogP contribution in [0.3, 0.4) is 0 Å². The van der Waals surface area contributed by atoms with Gasteiger partial charge in [0.1, 0.15) is 16.8 Å². The Morgan fingerprint density at radius 3 is 2.45 bits per heavy atom.